The molecule has 0 amide bonds. The largest absolute Gasteiger partial charge is 0.396 e. The Kier molecular flexibility index (Phi) is 7.22. The molecule has 2 unspecified atom stereocenters. The number of anilines is 1. The van der Waals surface area contributed by atoms with E-state index < -0.39 is 10.0 Å². The zero-order chi connectivity index (χ0) is 25.2. The first-order chi connectivity index (χ1) is 17.4. The monoisotopic (exact) mass is 507 g/mol. The molecule has 2 N–H and O–H groups in total. The minimum Gasteiger partial charge on any atom is -0.396 e. The van der Waals surface area contributed by atoms with Crippen molar-refractivity contribution < 1.29 is 13.5 Å². The van der Waals surface area contributed by atoms with Gasteiger partial charge >= 0.3 is 0 Å². The molecule has 6 nitrogen and oxygen atoms in total. The second kappa shape index (κ2) is 10.4. The lowest BCUT2D eigenvalue weighted by Crippen LogP contribution is -2.29. The van der Waals surface area contributed by atoms with Crippen molar-refractivity contribution in [2.24, 2.45) is 5.92 Å². The van der Waals surface area contributed by atoms with Gasteiger partial charge in [0.15, 0.2) is 5.03 Å². The summed E-state index contributed by atoms with van der Waals surface area (Å²) in [6.45, 7) is 3.91. The van der Waals surface area contributed by atoms with Crippen LogP contribution in [0, 0.1) is 5.92 Å². The SMILES string of the molecule is CC1=CC=C2CC3CC13c1ccccc1CCCCCN(CCCCO)c1cccc(n1)S(=O)(=O)N2. The number of nitrogens with one attached hydrogen (secondary N) is 1. The highest BCUT2D eigenvalue weighted by Crippen LogP contribution is 2.63. The number of unbranched alkanes of at least 4 members (excludes halogenated alkanes) is 1. The van der Waals surface area contributed by atoms with Gasteiger partial charge in [0, 0.05) is 30.8 Å². The Morgan fingerprint density at radius 3 is 2.81 bits per heavy atom. The van der Waals surface area contributed by atoms with Gasteiger partial charge in [0.05, 0.1) is 0 Å². The van der Waals surface area contributed by atoms with Gasteiger partial charge in [-0.15, -0.1) is 0 Å². The lowest BCUT2D eigenvalue weighted by Gasteiger charge is -2.24. The third kappa shape index (κ3) is 4.96. The van der Waals surface area contributed by atoms with Gasteiger partial charge in [-0.2, -0.15) is 8.42 Å². The number of nitrogens with zero attached hydrogens (tertiary/aromatic N) is 2. The van der Waals surface area contributed by atoms with Crippen LogP contribution in [-0.4, -0.2) is 38.2 Å². The Hall–Kier alpha value is -2.64. The molecule has 2 aromatic rings. The number of benzene rings is 1. The Labute approximate surface area is 215 Å². The Morgan fingerprint density at radius 1 is 1.08 bits per heavy atom. The van der Waals surface area contributed by atoms with Crippen LogP contribution >= 0.6 is 0 Å². The standard InChI is InChI=1S/C29H37N3O3S/c1-22-15-16-25-20-24-21-29(22,24)26-12-5-4-11-23(26)10-3-2-6-17-32(18-7-8-19-33)27-13-9-14-28(30-27)36(34,35)31-25/h4-5,9,11-16,24,31,33H,2-3,6-8,10,17-21H2,1H3. The third-order valence-electron chi connectivity index (χ3n) is 8.09. The molecule has 192 valence electrons. The highest BCUT2D eigenvalue weighted by molar-refractivity contribution is 7.89. The molecule has 1 aromatic heterocycles. The predicted octanol–water partition coefficient (Wildman–Crippen LogP) is 4.86. The van der Waals surface area contributed by atoms with Crippen molar-refractivity contribution in [1.82, 2.24) is 9.71 Å². The number of allylic oxidation sites excluding steroid dienone is 4. The number of pyridine rings is 1. The molecular weight excluding hydrogens is 470 g/mol. The number of sulfonamides is 1. The average Bonchev–Trinajstić information content (AvgIpc) is 3.61. The van der Waals surface area contributed by atoms with E-state index in [2.05, 4.69) is 51.9 Å². The molecule has 1 saturated carbocycles. The van der Waals surface area contributed by atoms with E-state index in [-0.39, 0.29) is 17.0 Å². The highest BCUT2D eigenvalue weighted by Gasteiger charge is 2.57. The number of aryl methyl sites for hydroxylation is 1. The summed E-state index contributed by atoms with van der Waals surface area (Å²) in [6, 6.07) is 14.1. The van der Waals surface area contributed by atoms with Crippen LogP contribution in [0.15, 0.2) is 70.9 Å². The van der Waals surface area contributed by atoms with Gasteiger partial charge in [-0.1, -0.05) is 48.4 Å². The average molecular weight is 508 g/mol. The van der Waals surface area contributed by atoms with Crippen molar-refractivity contribution in [2.75, 3.05) is 24.6 Å². The maximum atomic E-state index is 13.4. The Balaban J connectivity index is 1.50. The zero-order valence-electron chi connectivity index (χ0n) is 21.1. The van der Waals surface area contributed by atoms with Crippen LogP contribution in [0.3, 0.4) is 0 Å². The number of rotatable bonds is 4. The fourth-order valence-electron chi connectivity index (χ4n) is 6.06. The van der Waals surface area contributed by atoms with E-state index in [9.17, 15) is 13.5 Å². The molecule has 4 bridgehead atoms. The summed E-state index contributed by atoms with van der Waals surface area (Å²) in [4.78, 5) is 6.75. The van der Waals surface area contributed by atoms with Gasteiger partial charge in [0.2, 0.25) is 0 Å². The number of fused-ring (bicyclic) bond motifs is 4. The Bertz CT molecular complexity index is 1270. The van der Waals surface area contributed by atoms with Crippen molar-refractivity contribution in [3.63, 3.8) is 0 Å². The first-order valence-electron chi connectivity index (χ1n) is 13.3. The molecule has 1 aliphatic heterocycles. The molecule has 1 fully saturated rings. The van der Waals surface area contributed by atoms with Crippen LogP contribution in [0.2, 0.25) is 0 Å². The molecule has 2 aliphatic carbocycles. The van der Waals surface area contributed by atoms with Gasteiger partial charge in [0.25, 0.3) is 10.0 Å². The predicted molar refractivity (Wildman–Crippen MR) is 143 cm³/mol. The summed E-state index contributed by atoms with van der Waals surface area (Å²) in [5, 5.41) is 9.29. The summed E-state index contributed by atoms with van der Waals surface area (Å²) in [5.41, 5.74) is 4.90. The molecule has 0 spiro atoms. The van der Waals surface area contributed by atoms with E-state index in [0.717, 1.165) is 63.7 Å². The van der Waals surface area contributed by atoms with E-state index in [4.69, 9.17) is 0 Å². The van der Waals surface area contributed by atoms with Gasteiger partial charge in [-0.25, -0.2) is 4.98 Å². The van der Waals surface area contributed by atoms with E-state index in [1.807, 2.05) is 12.1 Å². The fourth-order valence-corrected chi connectivity index (χ4v) is 7.14. The summed E-state index contributed by atoms with van der Waals surface area (Å²) >= 11 is 0. The third-order valence-corrected chi connectivity index (χ3v) is 9.40. The second-order valence-electron chi connectivity index (χ2n) is 10.4. The van der Waals surface area contributed by atoms with Crippen LogP contribution in [0.5, 0.6) is 0 Å². The van der Waals surface area contributed by atoms with Crippen LogP contribution < -0.4 is 9.62 Å². The van der Waals surface area contributed by atoms with E-state index in [0.29, 0.717) is 18.2 Å². The molecule has 5 rings (SSSR count). The lowest BCUT2D eigenvalue weighted by molar-refractivity contribution is 0.285. The van der Waals surface area contributed by atoms with Crippen molar-refractivity contribution in [3.8, 4) is 0 Å². The first kappa shape index (κ1) is 25.0. The van der Waals surface area contributed by atoms with Gasteiger partial charge in [-0.05, 0) is 87.1 Å². The minimum atomic E-state index is -3.81. The summed E-state index contributed by atoms with van der Waals surface area (Å²) < 4.78 is 29.6. The maximum absolute atomic E-state index is 13.4. The topological polar surface area (TPSA) is 82.5 Å². The fraction of sp³-hybridized carbons (Fsp3) is 0.483. The van der Waals surface area contributed by atoms with Crippen LogP contribution in [0.25, 0.3) is 0 Å². The maximum Gasteiger partial charge on any atom is 0.279 e. The quantitative estimate of drug-likeness (QED) is 0.578. The number of aromatic nitrogens is 1. The van der Waals surface area contributed by atoms with Crippen molar-refractivity contribution in [3.05, 3.63) is 77.0 Å². The smallest absolute Gasteiger partial charge is 0.279 e. The second-order valence-corrected chi connectivity index (χ2v) is 12.1. The molecule has 0 radical (unpaired) electrons. The molecule has 1 aromatic carbocycles. The molecule has 7 heteroatoms. The van der Waals surface area contributed by atoms with Crippen LogP contribution in [0.4, 0.5) is 5.82 Å². The van der Waals surface area contributed by atoms with Gasteiger partial charge in [0.1, 0.15) is 5.82 Å². The van der Waals surface area contributed by atoms with Gasteiger partial charge in [-0.3, -0.25) is 4.72 Å². The zero-order valence-corrected chi connectivity index (χ0v) is 21.9. The number of hydrogen-bond donors (Lipinski definition) is 2. The summed E-state index contributed by atoms with van der Waals surface area (Å²) in [7, 11) is -3.81. The summed E-state index contributed by atoms with van der Waals surface area (Å²) in [6.07, 6.45) is 11.7. The molecule has 2 atom stereocenters. The van der Waals surface area contributed by atoms with Gasteiger partial charge < -0.3 is 10.0 Å². The van der Waals surface area contributed by atoms with Crippen LogP contribution in [-0.2, 0) is 21.9 Å². The number of hydrogen-bond acceptors (Lipinski definition) is 5. The van der Waals surface area contributed by atoms with Crippen LogP contribution in [0.1, 0.15) is 63.0 Å². The summed E-state index contributed by atoms with van der Waals surface area (Å²) in [5.74, 6) is 1.07. The number of aliphatic hydroxyl groups is 1. The number of aliphatic hydroxyl groups excluding tert-OH is 1. The van der Waals surface area contributed by atoms with Crippen molar-refractivity contribution >= 4 is 15.8 Å². The van der Waals surface area contributed by atoms with Crippen molar-refractivity contribution in [1.29, 1.82) is 0 Å². The molecular formula is C29H37N3O3S. The Morgan fingerprint density at radius 2 is 1.94 bits per heavy atom. The van der Waals surface area contributed by atoms with E-state index >= 15 is 0 Å². The van der Waals surface area contributed by atoms with E-state index in [1.54, 1.807) is 12.1 Å². The lowest BCUT2D eigenvalue weighted by atomic mass is 9.82. The molecule has 2 heterocycles. The van der Waals surface area contributed by atoms with Crippen molar-refractivity contribution in [2.45, 2.75) is 68.7 Å². The minimum absolute atomic E-state index is 0.00984. The highest BCUT2D eigenvalue weighted by atomic mass is 32.2. The molecule has 36 heavy (non-hydrogen) atoms. The molecule has 3 aliphatic rings. The molecule has 0 saturated heterocycles. The van der Waals surface area contributed by atoms with E-state index in [1.165, 1.54) is 16.7 Å². The first-order valence-corrected chi connectivity index (χ1v) is 14.7. The normalized spacial score (nSPS) is 25.4.